The molecule has 0 aliphatic carbocycles. The van der Waals surface area contributed by atoms with Crippen molar-refractivity contribution >= 4 is 11.2 Å². The van der Waals surface area contributed by atoms with E-state index in [2.05, 4.69) is 35.3 Å². The van der Waals surface area contributed by atoms with Crippen LogP contribution in [-0.4, -0.2) is 23.7 Å². The number of pyridine rings is 1. The monoisotopic (exact) mass is 189 g/mol. The number of hydrogen-bond donors (Lipinski definition) is 0. The van der Waals surface area contributed by atoms with Crippen LogP contribution < -0.4 is 4.90 Å². The lowest BCUT2D eigenvalue weighted by Crippen LogP contribution is -2.09. The van der Waals surface area contributed by atoms with E-state index in [4.69, 9.17) is 0 Å². The van der Waals surface area contributed by atoms with Crippen molar-refractivity contribution in [3.05, 3.63) is 30.1 Å². The predicted octanol–water partition coefficient (Wildman–Crippen LogP) is 1.96. The van der Waals surface area contributed by atoms with E-state index < -0.39 is 0 Å². The van der Waals surface area contributed by atoms with Gasteiger partial charge >= 0.3 is 0 Å². The van der Waals surface area contributed by atoms with Gasteiger partial charge in [0.2, 0.25) is 0 Å². The molecule has 0 radical (unpaired) electrons. The van der Waals surface area contributed by atoms with Crippen LogP contribution in [0.3, 0.4) is 0 Å². The van der Waals surface area contributed by atoms with Gasteiger partial charge in [-0.05, 0) is 24.1 Å². The van der Waals surface area contributed by atoms with Crippen LogP contribution in [0.25, 0.3) is 5.52 Å². The van der Waals surface area contributed by atoms with Crippen molar-refractivity contribution in [1.82, 2.24) is 9.61 Å². The Kier molecular flexibility index (Phi) is 2.15. The second kappa shape index (κ2) is 3.33. The zero-order valence-corrected chi connectivity index (χ0v) is 8.86. The Balaban J connectivity index is 2.57. The van der Waals surface area contributed by atoms with Gasteiger partial charge in [-0.15, -0.1) is 0 Å². The average molecular weight is 189 g/mol. The minimum absolute atomic E-state index is 1.03. The minimum Gasteiger partial charge on any atom is -0.376 e. The molecule has 0 saturated heterocycles. The Morgan fingerprint density at radius 2 is 2.14 bits per heavy atom. The third-order valence-corrected chi connectivity index (χ3v) is 2.48. The number of rotatable bonds is 2. The molecule has 0 aromatic carbocycles. The van der Waals surface area contributed by atoms with Gasteiger partial charge in [-0.1, -0.05) is 6.92 Å². The SMILES string of the molecule is CCc1cnn2cc(N(C)C)ccc12. The molecule has 0 atom stereocenters. The first-order chi connectivity index (χ1) is 6.72. The first kappa shape index (κ1) is 9.06. The van der Waals surface area contributed by atoms with Crippen molar-refractivity contribution in [2.45, 2.75) is 13.3 Å². The molecule has 0 amide bonds. The molecule has 0 unspecified atom stereocenters. The van der Waals surface area contributed by atoms with E-state index >= 15 is 0 Å². The number of hydrogen-bond acceptors (Lipinski definition) is 2. The van der Waals surface area contributed by atoms with Gasteiger partial charge in [-0.25, -0.2) is 4.52 Å². The summed E-state index contributed by atoms with van der Waals surface area (Å²) in [5.41, 5.74) is 3.68. The van der Waals surface area contributed by atoms with Gasteiger partial charge in [0, 0.05) is 14.1 Å². The molecule has 2 rings (SSSR count). The Labute approximate surface area is 84.0 Å². The molecule has 2 heterocycles. The molecule has 2 aromatic heterocycles. The van der Waals surface area contributed by atoms with E-state index in [1.54, 1.807) is 0 Å². The summed E-state index contributed by atoms with van der Waals surface area (Å²) in [5.74, 6) is 0. The van der Waals surface area contributed by atoms with Crippen molar-refractivity contribution in [2.24, 2.45) is 0 Å². The number of anilines is 1. The number of aromatic nitrogens is 2. The number of fused-ring (bicyclic) bond motifs is 1. The van der Waals surface area contributed by atoms with E-state index in [0.717, 1.165) is 6.42 Å². The van der Waals surface area contributed by atoms with Crippen LogP contribution in [0.15, 0.2) is 24.5 Å². The van der Waals surface area contributed by atoms with Crippen molar-refractivity contribution in [2.75, 3.05) is 19.0 Å². The van der Waals surface area contributed by atoms with Crippen LogP contribution in [0.2, 0.25) is 0 Å². The van der Waals surface area contributed by atoms with Gasteiger partial charge < -0.3 is 4.90 Å². The maximum Gasteiger partial charge on any atom is 0.0695 e. The summed E-state index contributed by atoms with van der Waals surface area (Å²) in [6, 6.07) is 4.25. The Hall–Kier alpha value is -1.51. The van der Waals surface area contributed by atoms with Crippen LogP contribution >= 0.6 is 0 Å². The normalized spacial score (nSPS) is 10.8. The minimum atomic E-state index is 1.03. The zero-order valence-electron chi connectivity index (χ0n) is 8.86. The molecule has 0 N–H and O–H groups in total. The topological polar surface area (TPSA) is 20.5 Å². The van der Waals surface area contributed by atoms with Gasteiger partial charge in [-0.3, -0.25) is 0 Å². The summed E-state index contributed by atoms with van der Waals surface area (Å²) in [6.45, 7) is 2.15. The quantitative estimate of drug-likeness (QED) is 0.720. The molecule has 2 aromatic rings. The van der Waals surface area contributed by atoms with Gasteiger partial charge in [0.15, 0.2) is 0 Å². The number of nitrogens with zero attached hydrogens (tertiary/aromatic N) is 3. The van der Waals surface area contributed by atoms with Crippen molar-refractivity contribution in [3.63, 3.8) is 0 Å². The van der Waals surface area contributed by atoms with E-state index in [9.17, 15) is 0 Å². The van der Waals surface area contributed by atoms with Crippen LogP contribution in [0, 0.1) is 0 Å². The van der Waals surface area contributed by atoms with Crippen LogP contribution in [-0.2, 0) is 6.42 Å². The molecule has 0 aliphatic heterocycles. The second-order valence-electron chi connectivity index (χ2n) is 3.63. The van der Waals surface area contributed by atoms with Gasteiger partial charge in [0.05, 0.1) is 23.6 Å². The predicted molar refractivity (Wildman–Crippen MR) is 58.9 cm³/mol. The zero-order chi connectivity index (χ0) is 10.1. The molecule has 0 saturated carbocycles. The summed E-state index contributed by atoms with van der Waals surface area (Å²) in [7, 11) is 4.07. The Morgan fingerprint density at radius 3 is 2.79 bits per heavy atom. The summed E-state index contributed by atoms with van der Waals surface area (Å²) in [6.07, 6.45) is 5.02. The van der Waals surface area contributed by atoms with E-state index in [1.807, 2.05) is 24.8 Å². The number of aryl methyl sites for hydroxylation is 1. The second-order valence-corrected chi connectivity index (χ2v) is 3.63. The van der Waals surface area contributed by atoms with E-state index in [1.165, 1.54) is 16.8 Å². The Bertz CT molecular complexity index is 443. The largest absolute Gasteiger partial charge is 0.376 e. The lowest BCUT2D eigenvalue weighted by molar-refractivity contribution is 0.949. The van der Waals surface area contributed by atoms with Crippen LogP contribution in [0.5, 0.6) is 0 Å². The van der Waals surface area contributed by atoms with E-state index in [0.29, 0.717) is 0 Å². The molecule has 0 aliphatic rings. The molecule has 0 bridgehead atoms. The Morgan fingerprint density at radius 1 is 1.36 bits per heavy atom. The fourth-order valence-corrected chi connectivity index (χ4v) is 1.56. The molecular formula is C11H15N3. The fraction of sp³-hybridized carbons (Fsp3) is 0.364. The third kappa shape index (κ3) is 1.35. The molecule has 3 nitrogen and oxygen atoms in total. The van der Waals surface area contributed by atoms with E-state index in [-0.39, 0.29) is 0 Å². The van der Waals surface area contributed by atoms with Gasteiger partial charge in [0.1, 0.15) is 0 Å². The average Bonchev–Trinajstić information content (AvgIpc) is 2.59. The fourth-order valence-electron chi connectivity index (χ4n) is 1.56. The molecule has 74 valence electrons. The lowest BCUT2D eigenvalue weighted by Gasteiger charge is -2.11. The van der Waals surface area contributed by atoms with Gasteiger partial charge in [-0.2, -0.15) is 5.10 Å². The maximum atomic E-state index is 4.32. The summed E-state index contributed by atoms with van der Waals surface area (Å²) in [4.78, 5) is 2.08. The molecule has 0 spiro atoms. The smallest absolute Gasteiger partial charge is 0.0695 e. The van der Waals surface area contributed by atoms with Crippen molar-refractivity contribution in [3.8, 4) is 0 Å². The highest BCUT2D eigenvalue weighted by atomic mass is 15.2. The molecule has 0 fully saturated rings. The first-order valence-electron chi connectivity index (χ1n) is 4.86. The maximum absolute atomic E-state index is 4.32. The summed E-state index contributed by atoms with van der Waals surface area (Å²) >= 11 is 0. The molecule has 14 heavy (non-hydrogen) atoms. The van der Waals surface area contributed by atoms with Crippen LogP contribution in [0.4, 0.5) is 5.69 Å². The third-order valence-electron chi connectivity index (χ3n) is 2.48. The molecule has 3 heteroatoms. The highest BCUT2D eigenvalue weighted by molar-refractivity contribution is 5.58. The first-order valence-corrected chi connectivity index (χ1v) is 4.86. The summed E-state index contributed by atoms with van der Waals surface area (Å²) in [5, 5.41) is 4.32. The van der Waals surface area contributed by atoms with Crippen molar-refractivity contribution < 1.29 is 0 Å². The molecular weight excluding hydrogens is 174 g/mol. The standard InChI is InChI=1S/C11H15N3/c1-4-9-7-12-14-8-10(13(2)3)5-6-11(9)14/h5-8H,4H2,1-3H3. The van der Waals surface area contributed by atoms with Crippen molar-refractivity contribution in [1.29, 1.82) is 0 Å². The lowest BCUT2D eigenvalue weighted by atomic mass is 10.2. The van der Waals surface area contributed by atoms with Crippen LogP contribution in [0.1, 0.15) is 12.5 Å². The highest BCUT2D eigenvalue weighted by Crippen LogP contribution is 2.16. The van der Waals surface area contributed by atoms with Gasteiger partial charge in [0.25, 0.3) is 0 Å². The summed E-state index contributed by atoms with van der Waals surface area (Å²) < 4.78 is 1.94. The highest BCUT2D eigenvalue weighted by Gasteiger charge is 2.02.